The van der Waals surface area contributed by atoms with E-state index in [0.717, 1.165) is 24.8 Å². The largest absolute Gasteiger partial charge is 0.342 e. The summed E-state index contributed by atoms with van der Waals surface area (Å²) >= 11 is 3.50. The van der Waals surface area contributed by atoms with Gasteiger partial charge in [-0.2, -0.15) is 0 Å². The Labute approximate surface area is 95.2 Å². The fourth-order valence-electron chi connectivity index (χ4n) is 1.85. The minimum Gasteiger partial charge on any atom is -0.342 e. The molecule has 0 saturated carbocycles. The number of likely N-dealkylation sites (tertiary alicyclic amines) is 1. The first kappa shape index (κ1) is 12.0. The van der Waals surface area contributed by atoms with Crippen molar-refractivity contribution in [3.63, 3.8) is 0 Å². The smallest absolute Gasteiger partial charge is 0.227 e. The third-order valence-corrected chi connectivity index (χ3v) is 3.58. The average Bonchev–Trinajstić information content (AvgIpc) is 2.15. The van der Waals surface area contributed by atoms with E-state index >= 15 is 0 Å². The number of nitrogens with zero attached hydrogens (tertiary/aromatic N) is 1. The second kappa shape index (κ2) is 4.65. The van der Waals surface area contributed by atoms with Gasteiger partial charge >= 0.3 is 0 Å². The van der Waals surface area contributed by atoms with Gasteiger partial charge in [0.25, 0.3) is 0 Å². The van der Waals surface area contributed by atoms with E-state index in [0.29, 0.717) is 11.8 Å². The highest BCUT2D eigenvalue weighted by molar-refractivity contribution is 9.09. The third kappa shape index (κ3) is 2.97. The third-order valence-electron chi connectivity index (χ3n) is 2.67. The fourth-order valence-corrected chi connectivity index (χ4v) is 2.38. The lowest BCUT2D eigenvalue weighted by Gasteiger charge is -2.35. The van der Waals surface area contributed by atoms with Crippen LogP contribution in [-0.2, 0) is 4.79 Å². The minimum atomic E-state index is -0.228. The molecule has 1 heterocycles. The van der Waals surface area contributed by atoms with Crippen LogP contribution in [0.4, 0.5) is 0 Å². The van der Waals surface area contributed by atoms with E-state index in [4.69, 9.17) is 0 Å². The zero-order valence-electron chi connectivity index (χ0n) is 9.35. The molecule has 2 nitrogen and oxygen atoms in total. The molecule has 1 fully saturated rings. The van der Waals surface area contributed by atoms with Crippen LogP contribution in [0, 0.1) is 11.3 Å². The summed E-state index contributed by atoms with van der Waals surface area (Å²) < 4.78 is 0. The lowest BCUT2D eigenvalue weighted by Crippen LogP contribution is -2.45. The molecule has 0 aromatic carbocycles. The molecule has 0 bridgehead atoms. The van der Waals surface area contributed by atoms with Gasteiger partial charge in [-0.15, -0.1) is 0 Å². The second-order valence-corrected chi connectivity index (χ2v) is 5.81. The number of hydrogen-bond donors (Lipinski definition) is 0. The molecule has 1 rings (SSSR count). The summed E-state index contributed by atoms with van der Waals surface area (Å²) in [4.78, 5) is 14.0. The van der Waals surface area contributed by atoms with Crippen molar-refractivity contribution in [1.29, 1.82) is 0 Å². The monoisotopic (exact) mass is 261 g/mol. The van der Waals surface area contributed by atoms with Gasteiger partial charge < -0.3 is 4.90 Å². The van der Waals surface area contributed by atoms with Crippen LogP contribution >= 0.6 is 15.9 Å². The highest BCUT2D eigenvalue weighted by Crippen LogP contribution is 2.24. The van der Waals surface area contributed by atoms with Gasteiger partial charge in [0, 0.05) is 23.8 Å². The maximum atomic E-state index is 12.0. The molecule has 0 aliphatic carbocycles. The molecular formula is C11H20BrNO. The quantitative estimate of drug-likeness (QED) is 0.665. The van der Waals surface area contributed by atoms with Crippen molar-refractivity contribution in [2.24, 2.45) is 11.3 Å². The van der Waals surface area contributed by atoms with Crippen LogP contribution in [0.1, 0.15) is 33.6 Å². The van der Waals surface area contributed by atoms with Gasteiger partial charge in [-0.3, -0.25) is 4.79 Å². The molecule has 0 aromatic heterocycles. The molecule has 0 spiro atoms. The Morgan fingerprint density at radius 3 is 2.64 bits per heavy atom. The first-order valence-electron chi connectivity index (χ1n) is 5.30. The molecule has 0 N–H and O–H groups in total. The second-order valence-electron chi connectivity index (χ2n) is 5.16. The van der Waals surface area contributed by atoms with Gasteiger partial charge in [0.2, 0.25) is 5.91 Å². The Hall–Kier alpha value is -0.0500. The summed E-state index contributed by atoms with van der Waals surface area (Å²) in [5, 5.41) is 1.01. The molecule has 14 heavy (non-hydrogen) atoms. The van der Waals surface area contributed by atoms with Gasteiger partial charge in [0.1, 0.15) is 0 Å². The first-order valence-corrected chi connectivity index (χ1v) is 6.42. The zero-order chi connectivity index (χ0) is 10.8. The van der Waals surface area contributed by atoms with Crippen LogP contribution in [0.15, 0.2) is 0 Å². The summed E-state index contributed by atoms with van der Waals surface area (Å²) in [5.74, 6) is 0.943. The number of carbonyl (C=O) groups excluding carboxylic acids is 1. The molecule has 1 atom stereocenters. The highest BCUT2D eigenvalue weighted by Gasteiger charge is 2.30. The van der Waals surface area contributed by atoms with E-state index in [-0.39, 0.29) is 5.41 Å². The van der Waals surface area contributed by atoms with Crippen molar-refractivity contribution in [3.05, 3.63) is 0 Å². The summed E-state index contributed by atoms with van der Waals surface area (Å²) in [6.45, 7) is 7.86. The molecule has 3 heteroatoms. The van der Waals surface area contributed by atoms with E-state index in [1.54, 1.807) is 0 Å². The predicted molar refractivity (Wildman–Crippen MR) is 62.6 cm³/mol. The topological polar surface area (TPSA) is 20.3 Å². The minimum absolute atomic E-state index is 0.228. The van der Waals surface area contributed by atoms with Gasteiger partial charge in [-0.25, -0.2) is 0 Å². The van der Waals surface area contributed by atoms with Crippen LogP contribution in [0.2, 0.25) is 0 Å². The molecule has 0 aromatic rings. The first-order chi connectivity index (χ1) is 6.45. The fraction of sp³-hybridized carbons (Fsp3) is 0.909. The van der Waals surface area contributed by atoms with E-state index in [1.165, 1.54) is 6.42 Å². The molecule has 1 aliphatic rings. The van der Waals surface area contributed by atoms with E-state index in [9.17, 15) is 4.79 Å². The lowest BCUT2D eigenvalue weighted by molar-refractivity contribution is -0.141. The normalized spacial score (nSPS) is 23.7. The molecule has 1 amide bonds. The van der Waals surface area contributed by atoms with E-state index in [1.807, 2.05) is 25.7 Å². The average molecular weight is 262 g/mol. The number of rotatable bonds is 1. The van der Waals surface area contributed by atoms with Crippen LogP contribution in [0.5, 0.6) is 0 Å². The maximum Gasteiger partial charge on any atom is 0.227 e. The van der Waals surface area contributed by atoms with E-state index in [2.05, 4.69) is 15.9 Å². The van der Waals surface area contributed by atoms with Crippen LogP contribution in [0.3, 0.4) is 0 Å². The molecule has 0 radical (unpaired) electrons. The Balaban J connectivity index is 2.56. The Kier molecular flexibility index (Phi) is 3.99. The molecule has 1 aliphatic heterocycles. The lowest BCUT2D eigenvalue weighted by atomic mass is 9.92. The summed E-state index contributed by atoms with van der Waals surface area (Å²) in [5.41, 5.74) is -0.228. The van der Waals surface area contributed by atoms with Crippen molar-refractivity contribution < 1.29 is 4.79 Å². The van der Waals surface area contributed by atoms with Gasteiger partial charge in [0.05, 0.1) is 0 Å². The Bertz CT molecular complexity index is 210. The molecule has 0 unspecified atom stereocenters. The van der Waals surface area contributed by atoms with Crippen LogP contribution < -0.4 is 0 Å². The summed E-state index contributed by atoms with van der Waals surface area (Å²) in [6.07, 6.45) is 2.40. The number of amides is 1. The van der Waals surface area contributed by atoms with Gasteiger partial charge in [-0.1, -0.05) is 36.7 Å². The molecule has 1 saturated heterocycles. The standard InChI is InChI=1S/C11H20BrNO/c1-11(2,3)10(14)13-6-4-5-9(7-12)8-13/h9H,4-8H2,1-3H3/t9-/m1/s1. The van der Waals surface area contributed by atoms with Crippen LogP contribution in [-0.4, -0.2) is 29.2 Å². The Morgan fingerprint density at radius 2 is 2.14 bits per heavy atom. The van der Waals surface area contributed by atoms with Crippen molar-refractivity contribution in [2.75, 3.05) is 18.4 Å². The predicted octanol–water partition coefficient (Wildman–Crippen LogP) is 2.67. The SMILES string of the molecule is CC(C)(C)C(=O)N1CCC[C@H](CBr)C1. The van der Waals surface area contributed by atoms with Crippen molar-refractivity contribution in [3.8, 4) is 0 Å². The van der Waals surface area contributed by atoms with E-state index < -0.39 is 0 Å². The number of alkyl halides is 1. The number of carbonyl (C=O) groups is 1. The highest BCUT2D eigenvalue weighted by atomic mass is 79.9. The van der Waals surface area contributed by atoms with Crippen molar-refractivity contribution in [2.45, 2.75) is 33.6 Å². The number of halogens is 1. The summed E-state index contributed by atoms with van der Waals surface area (Å²) in [6, 6.07) is 0. The zero-order valence-corrected chi connectivity index (χ0v) is 10.9. The van der Waals surface area contributed by atoms with Crippen LogP contribution in [0.25, 0.3) is 0 Å². The van der Waals surface area contributed by atoms with Crippen molar-refractivity contribution in [1.82, 2.24) is 4.90 Å². The molecule has 82 valence electrons. The summed E-state index contributed by atoms with van der Waals surface area (Å²) in [7, 11) is 0. The molecular weight excluding hydrogens is 242 g/mol. The Morgan fingerprint density at radius 1 is 1.50 bits per heavy atom. The number of piperidine rings is 1. The van der Waals surface area contributed by atoms with Gasteiger partial charge in [-0.05, 0) is 18.8 Å². The number of hydrogen-bond acceptors (Lipinski definition) is 1. The van der Waals surface area contributed by atoms with Crippen molar-refractivity contribution >= 4 is 21.8 Å². The van der Waals surface area contributed by atoms with Gasteiger partial charge in [0.15, 0.2) is 0 Å². The maximum absolute atomic E-state index is 12.0.